The molecule has 1 atom stereocenters. The minimum atomic E-state index is -3.56. The predicted octanol–water partition coefficient (Wildman–Crippen LogP) is 3.03. The topological polar surface area (TPSA) is 55.4 Å². The SMILES string of the molecule is COc1ccc(Br)cc1S(=O)(=O)NCC(C)C(C)C. The second kappa shape index (κ2) is 6.72. The van der Waals surface area contributed by atoms with Crippen LogP contribution in [0.15, 0.2) is 27.6 Å². The number of methoxy groups -OCH3 is 1. The van der Waals surface area contributed by atoms with E-state index in [1.165, 1.54) is 7.11 Å². The van der Waals surface area contributed by atoms with Gasteiger partial charge in [-0.1, -0.05) is 36.7 Å². The molecule has 1 rings (SSSR count). The summed E-state index contributed by atoms with van der Waals surface area (Å²) in [6.07, 6.45) is 0. The van der Waals surface area contributed by atoms with Crippen LogP contribution in [0.25, 0.3) is 0 Å². The molecule has 0 radical (unpaired) electrons. The Bertz CT molecular complexity index is 529. The van der Waals surface area contributed by atoms with Gasteiger partial charge < -0.3 is 4.74 Å². The van der Waals surface area contributed by atoms with E-state index in [4.69, 9.17) is 4.74 Å². The zero-order valence-electron chi connectivity index (χ0n) is 11.6. The molecular formula is C13H20BrNO3S. The summed E-state index contributed by atoms with van der Waals surface area (Å²) in [5.41, 5.74) is 0. The fraction of sp³-hybridized carbons (Fsp3) is 0.538. The summed E-state index contributed by atoms with van der Waals surface area (Å²) in [6, 6.07) is 4.92. The van der Waals surface area contributed by atoms with Gasteiger partial charge in [0.15, 0.2) is 0 Å². The van der Waals surface area contributed by atoms with Gasteiger partial charge in [-0.05, 0) is 30.0 Å². The third-order valence-corrected chi connectivity index (χ3v) is 5.09. The van der Waals surface area contributed by atoms with Crippen LogP contribution in [-0.2, 0) is 10.0 Å². The van der Waals surface area contributed by atoms with Gasteiger partial charge in [0.25, 0.3) is 0 Å². The second-order valence-corrected chi connectivity index (χ2v) is 7.52. The number of halogens is 1. The van der Waals surface area contributed by atoms with Gasteiger partial charge in [0.05, 0.1) is 7.11 Å². The maximum absolute atomic E-state index is 12.3. The Balaban J connectivity index is 2.97. The van der Waals surface area contributed by atoms with Crippen LogP contribution < -0.4 is 9.46 Å². The summed E-state index contributed by atoms with van der Waals surface area (Å²) in [4.78, 5) is 0.153. The maximum atomic E-state index is 12.3. The van der Waals surface area contributed by atoms with E-state index < -0.39 is 10.0 Å². The Kier molecular flexibility index (Phi) is 5.82. The second-order valence-electron chi connectivity index (χ2n) is 4.87. The lowest BCUT2D eigenvalue weighted by Crippen LogP contribution is -2.30. The van der Waals surface area contributed by atoms with E-state index >= 15 is 0 Å². The molecular weight excluding hydrogens is 330 g/mol. The van der Waals surface area contributed by atoms with Crippen LogP contribution in [0.1, 0.15) is 20.8 Å². The number of benzene rings is 1. The molecule has 0 aliphatic heterocycles. The van der Waals surface area contributed by atoms with Gasteiger partial charge in [-0.15, -0.1) is 0 Å². The summed E-state index contributed by atoms with van der Waals surface area (Å²) in [6.45, 7) is 6.57. The molecule has 0 fully saturated rings. The molecule has 0 amide bonds. The number of hydrogen-bond acceptors (Lipinski definition) is 3. The van der Waals surface area contributed by atoms with Crippen molar-refractivity contribution in [1.29, 1.82) is 0 Å². The van der Waals surface area contributed by atoms with Gasteiger partial charge in [0.2, 0.25) is 10.0 Å². The Morgan fingerprint density at radius 3 is 2.47 bits per heavy atom. The molecule has 1 N–H and O–H groups in total. The lowest BCUT2D eigenvalue weighted by atomic mass is 9.99. The molecule has 1 aromatic carbocycles. The molecule has 4 nitrogen and oxygen atoms in total. The van der Waals surface area contributed by atoms with E-state index in [9.17, 15) is 8.42 Å². The van der Waals surface area contributed by atoms with Crippen LogP contribution in [0, 0.1) is 11.8 Å². The van der Waals surface area contributed by atoms with Crippen LogP contribution in [0.3, 0.4) is 0 Å². The molecule has 0 aliphatic rings. The highest BCUT2D eigenvalue weighted by molar-refractivity contribution is 9.10. The third-order valence-electron chi connectivity index (χ3n) is 3.15. The van der Waals surface area contributed by atoms with Crippen LogP contribution in [0.4, 0.5) is 0 Å². The summed E-state index contributed by atoms with van der Waals surface area (Å²) < 4.78 is 33.0. The van der Waals surface area contributed by atoms with E-state index in [0.717, 1.165) is 0 Å². The number of sulfonamides is 1. The lowest BCUT2D eigenvalue weighted by Gasteiger charge is -2.17. The first kappa shape index (κ1) is 16.5. The average molecular weight is 350 g/mol. The van der Waals surface area contributed by atoms with Crippen molar-refractivity contribution in [1.82, 2.24) is 4.72 Å². The molecule has 0 saturated heterocycles. The lowest BCUT2D eigenvalue weighted by molar-refractivity contribution is 0.399. The summed E-state index contributed by atoms with van der Waals surface area (Å²) in [7, 11) is -2.10. The predicted molar refractivity (Wildman–Crippen MR) is 79.9 cm³/mol. The minimum absolute atomic E-state index is 0.153. The summed E-state index contributed by atoms with van der Waals surface area (Å²) in [5, 5.41) is 0. The van der Waals surface area contributed by atoms with E-state index in [1.54, 1.807) is 18.2 Å². The molecule has 1 aromatic rings. The summed E-state index contributed by atoms with van der Waals surface area (Å²) in [5.74, 6) is 1.04. The highest BCUT2D eigenvalue weighted by Gasteiger charge is 2.21. The molecule has 0 aliphatic carbocycles. The fourth-order valence-electron chi connectivity index (χ4n) is 1.42. The van der Waals surface area contributed by atoms with Crippen LogP contribution in [0.5, 0.6) is 5.75 Å². The first-order valence-electron chi connectivity index (χ1n) is 6.11. The smallest absolute Gasteiger partial charge is 0.244 e. The zero-order chi connectivity index (χ0) is 14.6. The van der Waals surface area contributed by atoms with E-state index in [2.05, 4.69) is 34.5 Å². The van der Waals surface area contributed by atoms with Gasteiger partial charge in [-0.2, -0.15) is 0 Å². The van der Waals surface area contributed by atoms with Crippen molar-refractivity contribution in [2.45, 2.75) is 25.7 Å². The molecule has 0 heterocycles. The van der Waals surface area contributed by atoms with Crippen LogP contribution in [-0.4, -0.2) is 22.1 Å². The zero-order valence-corrected chi connectivity index (χ0v) is 14.0. The van der Waals surface area contributed by atoms with Crippen molar-refractivity contribution in [2.24, 2.45) is 11.8 Å². The maximum Gasteiger partial charge on any atom is 0.244 e. The van der Waals surface area contributed by atoms with E-state index in [1.807, 2.05) is 6.92 Å². The fourth-order valence-corrected chi connectivity index (χ4v) is 3.26. The number of hydrogen-bond donors (Lipinski definition) is 1. The standard InChI is InChI=1S/C13H20BrNO3S/c1-9(2)10(3)8-15-19(16,17)13-7-11(14)5-6-12(13)18-4/h5-7,9-10,15H,8H2,1-4H3. The molecule has 0 spiro atoms. The first-order valence-corrected chi connectivity index (χ1v) is 8.38. The van der Waals surface area contributed by atoms with Crippen molar-refractivity contribution < 1.29 is 13.2 Å². The van der Waals surface area contributed by atoms with Gasteiger partial charge >= 0.3 is 0 Å². The van der Waals surface area contributed by atoms with Crippen molar-refractivity contribution in [3.8, 4) is 5.75 Å². The molecule has 0 bridgehead atoms. The van der Waals surface area contributed by atoms with Gasteiger partial charge in [0, 0.05) is 11.0 Å². The first-order chi connectivity index (χ1) is 8.77. The molecule has 0 saturated carbocycles. The van der Waals surface area contributed by atoms with Crippen LogP contribution in [0.2, 0.25) is 0 Å². The Hall–Kier alpha value is -0.590. The number of ether oxygens (including phenoxy) is 1. The number of nitrogens with one attached hydrogen (secondary N) is 1. The Morgan fingerprint density at radius 1 is 1.32 bits per heavy atom. The minimum Gasteiger partial charge on any atom is -0.495 e. The highest BCUT2D eigenvalue weighted by atomic mass is 79.9. The largest absolute Gasteiger partial charge is 0.495 e. The van der Waals surface area contributed by atoms with Crippen molar-refractivity contribution in [3.05, 3.63) is 22.7 Å². The van der Waals surface area contributed by atoms with Crippen molar-refractivity contribution in [3.63, 3.8) is 0 Å². The highest BCUT2D eigenvalue weighted by Crippen LogP contribution is 2.27. The Morgan fingerprint density at radius 2 is 1.95 bits per heavy atom. The third kappa shape index (κ3) is 4.47. The van der Waals surface area contributed by atoms with Crippen molar-refractivity contribution in [2.75, 3.05) is 13.7 Å². The normalized spacial score (nSPS) is 13.6. The molecule has 1 unspecified atom stereocenters. The van der Waals surface area contributed by atoms with Gasteiger partial charge in [-0.25, -0.2) is 13.1 Å². The molecule has 108 valence electrons. The van der Waals surface area contributed by atoms with E-state index in [0.29, 0.717) is 22.7 Å². The number of rotatable bonds is 6. The molecule has 6 heteroatoms. The Labute approximate surface area is 123 Å². The van der Waals surface area contributed by atoms with Gasteiger partial charge in [-0.3, -0.25) is 0 Å². The van der Waals surface area contributed by atoms with Crippen molar-refractivity contribution >= 4 is 26.0 Å². The quantitative estimate of drug-likeness (QED) is 0.858. The summed E-state index contributed by atoms with van der Waals surface area (Å²) >= 11 is 3.27. The van der Waals surface area contributed by atoms with Crippen LogP contribution >= 0.6 is 15.9 Å². The average Bonchev–Trinajstić information content (AvgIpc) is 2.35. The molecule has 19 heavy (non-hydrogen) atoms. The van der Waals surface area contributed by atoms with E-state index in [-0.39, 0.29) is 10.8 Å². The molecule has 0 aromatic heterocycles. The van der Waals surface area contributed by atoms with Gasteiger partial charge in [0.1, 0.15) is 10.6 Å². The monoisotopic (exact) mass is 349 g/mol.